The van der Waals surface area contributed by atoms with Crippen molar-refractivity contribution in [1.29, 1.82) is 0 Å². The van der Waals surface area contributed by atoms with E-state index in [-0.39, 0.29) is 5.41 Å². The molecule has 0 fully saturated rings. The zero-order valence-corrected chi connectivity index (χ0v) is 29.7. The first-order valence-electron chi connectivity index (χ1n) is 18.5. The molecular weight excluding hydrogens is 641 g/mol. The van der Waals surface area contributed by atoms with E-state index in [4.69, 9.17) is 0 Å². The summed E-state index contributed by atoms with van der Waals surface area (Å²) in [7, 11) is 0. The summed E-state index contributed by atoms with van der Waals surface area (Å²) < 4.78 is 5.06. The second kappa shape index (κ2) is 11.2. The number of para-hydroxylation sites is 3. The number of fused-ring (bicyclic) bond motifs is 12. The predicted octanol–water partition coefficient (Wildman–Crippen LogP) is 13.5. The molecule has 1 aliphatic rings. The average molecular weight is 677 g/mol. The van der Waals surface area contributed by atoms with E-state index >= 15 is 0 Å². The van der Waals surface area contributed by atoms with Crippen molar-refractivity contribution in [2.24, 2.45) is 0 Å². The van der Waals surface area contributed by atoms with Crippen molar-refractivity contribution >= 4 is 43.6 Å². The maximum Gasteiger partial charge on any atom is 0.0644 e. The van der Waals surface area contributed by atoms with Gasteiger partial charge in [0.15, 0.2) is 0 Å². The Kier molecular flexibility index (Phi) is 6.33. The van der Waals surface area contributed by atoms with Crippen LogP contribution in [-0.2, 0) is 5.41 Å². The van der Waals surface area contributed by atoms with E-state index in [1.807, 2.05) is 0 Å². The molecule has 10 aromatic rings. The van der Waals surface area contributed by atoms with Crippen LogP contribution in [0.25, 0.3) is 88.4 Å². The highest BCUT2D eigenvalue weighted by Gasteiger charge is 2.41. The van der Waals surface area contributed by atoms with Crippen LogP contribution in [0.2, 0.25) is 0 Å². The Morgan fingerprint density at radius 3 is 1.47 bits per heavy atom. The molecule has 2 heteroatoms. The van der Waals surface area contributed by atoms with Gasteiger partial charge in [-0.3, -0.25) is 0 Å². The zero-order valence-electron chi connectivity index (χ0n) is 29.7. The molecule has 1 aliphatic carbocycles. The van der Waals surface area contributed by atoms with Crippen LogP contribution >= 0.6 is 0 Å². The van der Waals surface area contributed by atoms with Gasteiger partial charge in [0, 0.05) is 43.9 Å². The molecular formula is C51H36N2. The minimum Gasteiger partial charge on any atom is -0.309 e. The fraction of sp³-hybridized carbons (Fsp3) is 0.0588. The Balaban J connectivity index is 1.24. The van der Waals surface area contributed by atoms with E-state index in [9.17, 15) is 0 Å². The molecule has 0 radical (unpaired) electrons. The SMILES string of the molecule is CC1(C)c2ccccc2-c2c1c1c3ccccc3n(-c3ccc(-c4ccc(-c5ccccc5)cc4)cc3)c1c1c3ccccc3n(-c3ccccc3)c21. The van der Waals surface area contributed by atoms with Gasteiger partial charge in [-0.25, -0.2) is 0 Å². The maximum atomic E-state index is 2.54. The molecule has 0 aliphatic heterocycles. The number of benzene rings is 8. The van der Waals surface area contributed by atoms with Crippen LogP contribution in [0.15, 0.2) is 182 Å². The van der Waals surface area contributed by atoms with Crippen LogP contribution in [0.3, 0.4) is 0 Å². The molecule has 0 N–H and O–H groups in total. The van der Waals surface area contributed by atoms with Gasteiger partial charge in [-0.15, -0.1) is 0 Å². The summed E-state index contributed by atoms with van der Waals surface area (Å²) in [5.74, 6) is 0. The highest BCUT2D eigenvalue weighted by atomic mass is 15.0. The van der Waals surface area contributed by atoms with Crippen LogP contribution < -0.4 is 0 Å². The monoisotopic (exact) mass is 676 g/mol. The van der Waals surface area contributed by atoms with Crippen molar-refractivity contribution in [3.63, 3.8) is 0 Å². The van der Waals surface area contributed by atoms with Crippen molar-refractivity contribution in [3.05, 3.63) is 193 Å². The highest BCUT2D eigenvalue weighted by Crippen LogP contribution is 2.58. The largest absolute Gasteiger partial charge is 0.309 e. The molecule has 0 bridgehead atoms. The molecule has 0 atom stereocenters. The maximum absolute atomic E-state index is 2.54. The number of nitrogens with zero attached hydrogens (tertiary/aromatic N) is 2. The zero-order chi connectivity index (χ0) is 35.3. The van der Waals surface area contributed by atoms with Gasteiger partial charge < -0.3 is 9.13 Å². The minimum absolute atomic E-state index is 0.207. The Bertz CT molecular complexity index is 3030. The van der Waals surface area contributed by atoms with Crippen molar-refractivity contribution in [1.82, 2.24) is 9.13 Å². The van der Waals surface area contributed by atoms with Crippen molar-refractivity contribution in [3.8, 4) is 44.8 Å². The van der Waals surface area contributed by atoms with Gasteiger partial charge in [-0.05, 0) is 75.3 Å². The summed E-state index contributed by atoms with van der Waals surface area (Å²) in [4.78, 5) is 0. The molecule has 0 amide bonds. The van der Waals surface area contributed by atoms with Crippen LogP contribution in [-0.4, -0.2) is 9.13 Å². The number of aromatic nitrogens is 2. The standard InChI is InChI=1S/C51H36N2/c1-51(2)42-22-12-9-19-39(42)45-48(51)46-40-20-10-13-23-43(40)53(38-31-29-36(30-32-38)35-27-25-34(26-28-35)33-15-5-3-6-16-33)50(46)47-41-21-11-14-24-44(41)52(49(45)47)37-17-7-4-8-18-37/h3-32H,1-2H3. The molecule has 11 rings (SSSR count). The first-order valence-corrected chi connectivity index (χ1v) is 18.5. The first kappa shape index (κ1) is 30.0. The fourth-order valence-corrected chi connectivity index (χ4v) is 9.36. The summed E-state index contributed by atoms with van der Waals surface area (Å²) in [5, 5.41) is 5.20. The van der Waals surface area contributed by atoms with Crippen molar-refractivity contribution in [2.75, 3.05) is 0 Å². The smallest absolute Gasteiger partial charge is 0.0644 e. The average Bonchev–Trinajstić information content (AvgIpc) is 3.82. The van der Waals surface area contributed by atoms with E-state index in [1.165, 1.54) is 93.8 Å². The van der Waals surface area contributed by atoms with Crippen LogP contribution in [0.4, 0.5) is 0 Å². The number of hydrogen-bond donors (Lipinski definition) is 0. The normalized spacial score (nSPS) is 13.2. The van der Waals surface area contributed by atoms with Crippen molar-refractivity contribution < 1.29 is 0 Å². The molecule has 250 valence electrons. The summed E-state index contributed by atoms with van der Waals surface area (Å²) >= 11 is 0. The van der Waals surface area contributed by atoms with E-state index < -0.39 is 0 Å². The Hall–Kier alpha value is -6.64. The Morgan fingerprint density at radius 1 is 0.377 bits per heavy atom. The predicted molar refractivity (Wildman–Crippen MR) is 224 cm³/mol. The lowest BCUT2D eigenvalue weighted by Crippen LogP contribution is -2.15. The van der Waals surface area contributed by atoms with E-state index in [0.717, 1.165) is 5.69 Å². The lowest BCUT2D eigenvalue weighted by atomic mass is 9.80. The molecule has 0 spiro atoms. The molecule has 0 saturated heterocycles. The molecule has 53 heavy (non-hydrogen) atoms. The molecule has 0 unspecified atom stereocenters. The summed E-state index contributed by atoms with van der Waals surface area (Å²) in [6, 6.07) is 66.7. The highest BCUT2D eigenvalue weighted by molar-refractivity contribution is 6.31. The molecule has 0 saturated carbocycles. The van der Waals surface area contributed by atoms with Crippen LogP contribution in [0, 0.1) is 0 Å². The molecule has 2 nitrogen and oxygen atoms in total. The Labute approximate surface area is 308 Å². The number of hydrogen-bond acceptors (Lipinski definition) is 0. The second-order valence-corrected chi connectivity index (χ2v) is 14.9. The summed E-state index contributed by atoms with van der Waals surface area (Å²) in [6.07, 6.45) is 0. The van der Waals surface area contributed by atoms with E-state index in [0.29, 0.717) is 0 Å². The second-order valence-electron chi connectivity index (χ2n) is 14.9. The van der Waals surface area contributed by atoms with Gasteiger partial charge >= 0.3 is 0 Å². The van der Waals surface area contributed by atoms with Gasteiger partial charge in [0.2, 0.25) is 0 Å². The van der Waals surface area contributed by atoms with Crippen LogP contribution in [0.5, 0.6) is 0 Å². The van der Waals surface area contributed by atoms with Gasteiger partial charge in [-0.2, -0.15) is 0 Å². The number of rotatable bonds is 4. The van der Waals surface area contributed by atoms with Crippen molar-refractivity contribution in [2.45, 2.75) is 19.3 Å². The van der Waals surface area contributed by atoms with Crippen LogP contribution in [0.1, 0.15) is 25.0 Å². The minimum atomic E-state index is -0.207. The molecule has 8 aromatic carbocycles. The quantitative estimate of drug-likeness (QED) is 0.176. The van der Waals surface area contributed by atoms with E-state index in [1.54, 1.807) is 0 Å². The summed E-state index contributed by atoms with van der Waals surface area (Å²) in [6.45, 7) is 4.84. The lowest BCUT2D eigenvalue weighted by molar-refractivity contribution is 0.667. The first-order chi connectivity index (χ1) is 26.1. The van der Waals surface area contributed by atoms with Gasteiger partial charge in [0.05, 0.1) is 22.1 Å². The van der Waals surface area contributed by atoms with E-state index in [2.05, 4.69) is 205 Å². The third kappa shape index (κ3) is 4.21. The van der Waals surface area contributed by atoms with Gasteiger partial charge in [0.25, 0.3) is 0 Å². The third-order valence-corrected chi connectivity index (χ3v) is 11.7. The molecule has 2 heterocycles. The summed E-state index contributed by atoms with van der Waals surface area (Å²) in [5.41, 5.74) is 17.5. The third-order valence-electron chi connectivity index (χ3n) is 11.7. The lowest BCUT2D eigenvalue weighted by Gasteiger charge is -2.23. The Morgan fingerprint density at radius 2 is 0.830 bits per heavy atom. The van der Waals surface area contributed by atoms with Gasteiger partial charge in [-0.1, -0.05) is 159 Å². The topological polar surface area (TPSA) is 9.86 Å². The fourth-order valence-electron chi connectivity index (χ4n) is 9.36. The van der Waals surface area contributed by atoms with Gasteiger partial charge in [0.1, 0.15) is 0 Å². The molecule has 2 aromatic heterocycles.